The molecule has 1 aromatic heterocycles. The van der Waals surface area contributed by atoms with E-state index in [1.807, 2.05) is 23.6 Å². The minimum absolute atomic E-state index is 0.0846. The maximum Gasteiger partial charge on any atom is 0.258 e. The zero-order valence-corrected chi connectivity index (χ0v) is 25.3. The Balaban J connectivity index is 1.39. The monoisotopic (exact) mass is 658 g/mol. The molecule has 4 aliphatic rings. The molecule has 7 rings (SSSR count). The highest BCUT2D eigenvalue weighted by Gasteiger charge is 2.76. The van der Waals surface area contributed by atoms with E-state index < -0.39 is 51.1 Å². The van der Waals surface area contributed by atoms with Crippen LogP contribution in [0.3, 0.4) is 0 Å². The van der Waals surface area contributed by atoms with Crippen molar-refractivity contribution < 1.29 is 28.7 Å². The van der Waals surface area contributed by atoms with E-state index in [-0.39, 0.29) is 47.7 Å². The van der Waals surface area contributed by atoms with Gasteiger partial charge in [0, 0.05) is 15.8 Å². The number of thiophene rings is 1. The Hall–Kier alpha value is -3.24. The van der Waals surface area contributed by atoms with Gasteiger partial charge in [-0.25, -0.2) is 9.29 Å². The van der Waals surface area contributed by atoms with Crippen LogP contribution >= 0.6 is 46.1 Å². The van der Waals surface area contributed by atoms with Gasteiger partial charge in [0.25, 0.3) is 11.8 Å². The Morgan fingerprint density at radius 2 is 1.72 bits per heavy atom. The summed E-state index contributed by atoms with van der Waals surface area (Å²) in [5.74, 6) is -6.28. The molecule has 2 aliphatic carbocycles. The van der Waals surface area contributed by atoms with Crippen LogP contribution in [0.4, 0.5) is 10.1 Å². The van der Waals surface area contributed by atoms with Crippen LogP contribution in [0.5, 0.6) is 5.75 Å². The van der Waals surface area contributed by atoms with Gasteiger partial charge in [-0.05, 0) is 72.2 Å². The number of carbonyl (C=O) groups excluding carboxylic acids is 4. The summed E-state index contributed by atoms with van der Waals surface area (Å²) in [6.45, 7) is 0.138. The lowest BCUT2D eigenvalue weighted by Gasteiger charge is -2.50. The second-order valence-electron chi connectivity index (χ2n) is 11.3. The van der Waals surface area contributed by atoms with E-state index in [1.54, 1.807) is 0 Å². The third-order valence-corrected chi connectivity index (χ3v) is 11.8. The molecule has 7 nitrogen and oxygen atoms in total. The largest absolute Gasteiger partial charge is 0.508 e. The highest BCUT2D eigenvalue weighted by molar-refractivity contribution is 7.09. The van der Waals surface area contributed by atoms with E-state index in [0.29, 0.717) is 11.1 Å². The van der Waals surface area contributed by atoms with Gasteiger partial charge in [-0.1, -0.05) is 35.4 Å². The zero-order valence-electron chi connectivity index (χ0n) is 22.2. The molecule has 2 saturated heterocycles. The average Bonchev–Trinajstić information content (AvgIpc) is 3.61. The third-order valence-electron chi connectivity index (χ3n) is 9.18. The molecular formula is C31H22Cl3FN2O5S. The third kappa shape index (κ3) is 3.91. The van der Waals surface area contributed by atoms with Crippen LogP contribution in [-0.4, -0.2) is 43.4 Å². The first-order chi connectivity index (χ1) is 20.5. The van der Waals surface area contributed by atoms with Gasteiger partial charge in [0.05, 0.1) is 24.1 Å². The first-order valence-corrected chi connectivity index (χ1v) is 15.6. The van der Waals surface area contributed by atoms with E-state index in [0.717, 1.165) is 21.9 Å². The Morgan fingerprint density at radius 1 is 0.977 bits per heavy atom. The quantitative estimate of drug-likeness (QED) is 0.210. The van der Waals surface area contributed by atoms with Crippen molar-refractivity contribution in [3.63, 3.8) is 0 Å². The number of nitrogens with zero attached hydrogens (tertiary/aromatic N) is 2. The van der Waals surface area contributed by atoms with Crippen molar-refractivity contribution in [2.75, 3.05) is 4.90 Å². The fourth-order valence-electron chi connectivity index (χ4n) is 7.27. The van der Waals surface area contributed by atoms with E-state index in [2.05, 4.69) is 0 Å². The molecule has 1 saturated carbocycles. The van der Waals surface area contributed by atoms with Crippen LogP contribution in [0.15, 0.2) is 71.6 Å². The van der Waals surface area contributed by atoms with Crippen LogP contribution in [-0.2, 0) is 25.7 Å². The van der Waals surface area contributed by atoms with E-state index in [9.17, 15) is 28.7 Å². The van der Waals surface area contributed by atoms with Crippen molar-refractivity contribution in [3.05, 3.63) is 92.9 Å². The number of hydrogen-bond donors (Lipinski definition) is 1. The number of likely N-dealkylation sites (tertiary alicyclic amines) is 1. The zero-order chi connectivity index (χ0) is 30.4. The van der Waals surface area contributed by atoms with E-state index in [1.165, 1.54) is 46.6 Å². The molecule has 43 heavy (non-hydrogen) atoms. The lowest BCUT2D eigenvalue weighted by Crippen LogP contribution is -2.60. The van der Waals surface area contributed by atoms with E-state index >= 15 is 0 Å². The minimum atomic E-state index is -2.10. The number of fused-ring (bicyclic) bond motifs is 4. The number of carbonyl (C=O) groups is 4. The molecule has 3 fully saturated rings. The standard InChI is InChI=1S/C31H22Cl3FN2O5S/c32-23-12-17(38)7-8-20(23)25-19-9-10-21-24(27(40)36(26(21)39)14-18-2-1-11-43-18)22(19)13-30(33)28(41)37(29(42)31(25,30)34)16-5-3-15(35)4-6-16/h1-9,11-12,21-22,24-25,38H,10,13-14H2/t21-,22+,24-,25+,30+,31-/m0/s1. The maximum absolute atomic E-state index is 14.3. The summed E-state index contributed by atoms with van der Waals surface area (Å²) in [6.07, 6.45) is 1.85. The smallest absolute Gasteiger partial charge is 0.258 e. The number of phenols is 1. The molecule has 1 N–H and O–H groups in total. The summed E-state index contributed by atoms with van der Waals surface area (Å²) in [6, 6.07) is 12.7. The number of aromatic hydroxyl groups is 1. The summed E-state index contributed by atoms with van der Waals surface area (Å²) in [7, 11) is 0. The summed E-state index contributed by atoms with van der Waals surface area (Å²) >= 11 is 22.7. The van der Waals surface area contributed by atoms with Gasteiger partial charge in [-0.15, -0.1) is 34.5 Å². The molecule has 3 heterocycles. The first kappa shape index (κ1) is 28.5. The fraction of sp³-hybridized carbons (Fsp3) is 0.290. The van der Waals surface area contributed by atoms with Gasteiger partial charge in [0.15, 0.2) is 9.75 Å². The Bertz CT molecular complexity index is 1750. The summed E-state index contributed by atoms with van der Waals surface area (Å²) in [5, 5.41) is 12.0. The van der Waals surface area contributed by atoms with Crippen molar-refractivity contribution in [2.45, 2.75) is 35.1 Å². The Morgan fingerprint density at radius 3 is 2.40 bits per heavy atom. The van der Waals surface area contributed by atoms with Crippen LogP contribution in [0, 0.1) is 23.6 Å². The summed E-state index contributed by atoms with van der Waals surface area (Å²) < 4.78 is 13.8. The number of benzene rings is 2. The molecular weight excluding hydrogens is 638 g/mol. The number of rotatable bonds is 4. The maximum atomic E-state index is 14.3. The normalized spacial score (nSPS) is 31.7. The second-order valence-corrected chi connectivity index (χ2v) is 14.0. The lowest BCUT2D eigenvalue weighted by molar-refractivity contribution is -0.141. The molecule has 3 aromatic rings. The molecule has 0 unspecified atom stereocenters. The van der Waals surface area contributed by atoms with Gasteiger partial charge in [-0.3, -0.25) is 24.1 Å². The summed E-state index contributed by atoms with van der Waals surface area (Å²) in [5.41, 5.74) is 1.01. The molecule has 0 spiro atoms. The Labute approximate surface area is 264 Å². The van der Waals surface area contributed by atoms with Crippen molar-refractivity contribution >= 4 is 75.5 Å². The van der Waals surface area contributed by atoms with Crippen molar-refractivity contribution in [1.29, 1.82) is 0 Å². The number of hydrogen-bond acceptors (Lipinski definition) is 6. The van der Waals surface area contributed by atoms with Crippen LogP contribution in [0.25, 0.3) is 0 Å². The highest BCUT2D eigenvalue weighted by atomic mass is 35.5. The Kier molecular flexibility index (Phi) is 6.56. The van der Waals surface area contributed by atoms with Gasteiger partial charge < -0.3 is 5.11 Å². The van der Waals surface area contributed by atoms with Crippen molar-refractivity contribution in [1.82, 2.24) is 4.90 Å². The number of halogens is 4. The van der Waals surface area contributed by atoms with E-state index in [4.69, 9.17) is 34.8 Å². The number of anilines is 1. The molecule has 2 aliphatic heterocycles. The molecule has 220 valence electrons. The van der Waals surface area contributed by atoms with Gasteiger partial charge in [0.1, 0.15) is 11.6 Å². The molecule has 6 atom stereocenters. The van der Waals surface area contributed by atoms with Crippen LogP contribution in [0.2, 0.25) is 5.02 Å². The fourth-order valence-corrected chi connectivity index (χ4v) is 9.18. The second kappa shape index (κ2) is 9.89. The lowest BCUT2D eigenvalue weighted by atomic mass is 9.56. The van der Waals surface area contributed by atoms with Crippen LogP contribution < -0.4 is 4.90 Å². The number of imide groups is 2. The predicted molar refractivity (Wildman–Crippen MR) is 160 cm³/mol. The van der Waals surface area contributed by atoms with Crippen molar-refractivity contribution in [3.8, 4) is 5.75 Å². The number of alkyl halides is 2. The van der Waals surface area contributed by atoms with Gasteiger partial charge in [-0.2, -0.15) is 0 Å². The number of amides is 4. The molecule has 0 radical (unpaired) electrons. The number of allylic oxidation sites excluding steroid dienone is 2. The highest BCUT2D eigenvalue weighted by Crippen LogP contribution is 2.66. The minimum Gasteiger partial charge on any atom is -0.508 e. The molecule has 2 aromatic carbocycles. The van der Waals surface area contributed by atoms with Gasteiger partial charge >= 0.3 is 0 Å². The predicted octanol–water partition coefficient (Wildman–Crippen LogP) is 6.01. The molecule has 0 bridgehead atoms. The average molecular weight is 660 g/mol. The van der Waals surface area contributed by atoms with Crippen LogP contribution in [0.1, 0.15) is 29.2 Å². The number of phenolic OH excluding ortho intramolecular Hbond substituents is 1. The summed E-state index contributed by atoms with van der Waals surface area (Å²) in [4.78, 5) is 54.9. The first-order valence-electron chi connectivity index (χ1n) is 13.6. The van der Waals surface area contributed by atoms with Gasteiger partial charge in [0.2, 0.25) is 11.8 Å². The SMILES string of the molecule is O=C1[C@H]2[C@H](CC=C3[C@H]2C[C@@]2(Cl)C(=O)N(c4ccc(F)cc4)C(=O)[C@@]2(Cl)[C@H]3c2ccc(O)cc2Cl)C(=O)N1Cc1cccs1. The topological polar surface area (TPSA) is 95.0 Å². The molecule has 12 heteroatoms. The molecule has 4 amide bonds. The van der Waals surface area contributed by atoms with Crippen molar-refractivity contribution in [2.24, 2.45) is 17.8 Å².